The summed E-state index contributed by atoms with van der Waals surface area (Å²) in [7, 11) is 1.98. The average Bonchev–Trinajstić information content (AvgIpc) is 2.54. The molecule has 0 bridgehead atoms. The molecule has 128 valence electrons. The summed E-state index contributed by atoms with van der Waals surface area (Å²) in [6.07, 6.45) is 10.6. The van der Waals surface area contributed by atoms with Crippen LogP contribution in [0.15, 0.2) is 18.2 Å². The third-order valence-corrected chi connectivity index (χ3v) is 5.18. The monoisotopic (exact) mass is 315 g/mol. The molecule has 0 radical (unpaired) electrons. The number of nitrogen functional groups attached to an aromatic ring is 1. The van der Waals surface area contributed by atoms with Gasteiger partial charge in [0.2, 0.25) is 0 Å². The largest absolute Gasteiger partial charge is 0.397 e. The molecule has 1 aliphatic heterocycles. The molecule has 1 saturated heterocycles. The second-order valence-corrected chi connectivity index (χ2v) is 7.07. The highest BCUT2D eigenvalue weighted by Gasteiger charge is 2.30. The van der Waals surface area contributed by atoms with Crippen molar-refractivity contribution in [3.8, 4) is 0 Å². The molecule has 2 rings (SSSR count). The number of nitrogens with one attached hydrogen (secondary N) is 1. The standard InChI is InChI=1S/C20H33N3/c1-5-7-8-16-18(22-4)10-9-17(21)19(16)23-14-12-20(3,11-6-2)13-15-23/h7-10,22H,5-6,11-15,21H2,1-4H3/b8-7+. The molecule has 3 N–H and O–H groups in total. The Balaban J connectivity index is 2.30. The van der Waals surface area contributed by atoms with Crippen molar-refractivity contribution in [3.63, 3.8) is 0 Å². The molecule has 0 spiro atoms. The minimum Gasteiger partial charge on any atom is -0.397 e. The van der Waals surface area contributed by atoms with Gasteiger partial charge in [-0.15, -0.1) is 0 Å². The normalized spacial score (nSPS) is 17.7. The van der Waals surface area contributed by atoms with Crippen molar-refractivity contribution in [1.82, 2.24) is 0 Å². The first kappa shape index (κ1) is 17.7. The maximum Gasteiger partial charge on any atom is 0.0694 e. The van der Waals surface area contributed by atoms with Gasteiger partial charge in [0.05, 0.1) is 11.4 Å². The van der Waals surface area contributed by atoms with Gasteiger partial charge >= 0.3 is 0 Å². The summed E-state index contributed by atoms with van der Waals surface area (Å²) in [4.78, 5) is 2.49. The van der Waals surface area contributed by atoms with Gasteiger partial charge in [0, 0.05) is 31.4 Å². The number of hydrogen-bond donors (Lipinski definition) is 2. The molecule has 3 nitrogen and oxygen atoms in total. The van der Waals surface area contributed by atoms with Gasteiger partial charge in [0.1, 0.15) is 0 Å². The zero-order chi connectivity index (χ0) is 16.9. The Hall–Kier alpha value is -1.64. The Kier molecular flexibility index (Phi) is 5.97. The highest BCUT2D eigenvalue weighted by atomic mass is 15.1. The Labute approximate surface area is 141 Å². The number of piperidine rings is 1. The number of anilines is 3. The van der Waals surface area contributed by atoms with Crippen molar-refractivity contribution >= 4 is 23.1 Å². The summed E-state index contributed by atoms with van der Waals surface area (Å²) in [5, 5.41) is 3.31. The number of rotatable bonds is 6. The Morgan fingerprint density at radius 3 is 2.52 bits per heavy atom. The van der Waals surface area contributed by atoms with E-state index in [4.69, 9.17) is 5.73 Å². The maximum atomic E-state index is 6.37. The third-order valence-electron chi connectivity index (χ3n) is 5.18. The quantitative estimate of drug-likeness (QED) is 0.714. The van der Waals surface area contributed by atoms with E-state index in [-0.39, 0.29) is 0 Å². The lowest BCUT2D eigenvalue weighted by Crippen LogP contribution is -2.39. The van der Waals surface area contributed by atoms with E-state index in [2.05, 4.69) is 49.2 Å². The minimum absolute atomic E-state index is 0.500. The van der Waals surface area contributed by atoms with Crippen LogP contribution in [-0.2, 0) is 0 Å². The van der Waals surface area contributed by atoms with Gasteiger partial charge in [0.25, 0.3) is 0 Å². The fraction of sp³-hybridized carbons (Fsp3) is 0.600. The predicted octanol–water partition coefficient (Wildman–Crippen LogP) is 5.14. The lowest BCUT2D eigenvalue weighted by atomic mass is 9.76. The molecule has 23 heavy (non-hydrogen) atoms. The SMILES string of the molecule is CC/C=C/c1c(NC)ccc(N)c1N1CCC(C)(CCC)CC1. The van der Waals surface area contributed by atoms with E-state index in [1.165, 1.54) is 36.9 Å². The molecule has 0 amide bonds. The van der Waals surface area contributed by atoms with Crippen molar-refractivity contribution in [2.24, 2.45) is 5.41 Å². The number of hydrogen-bond acceptors (Lipinski definition) is 3. The lowest BCUT2D eigenvalue weighted by molar-refractivity contribution is 0.226. The molecular weight excluding hydrogens is 282 g/mol. The Morgan fingerprint density at radius 2 is 1.96 bits per heavy atom. The molecule has 0 aliphatic carbocycles. The second kappa shape index (κ2) is 7.76. The molecule has 1 aromatic rings. The molecule has 1 fully saturated rings. The first-order chi connectivity index (χ1) is 11.0. The summed E-state index contributed by atoms with van der Waals surface area (Å²) in [6.45, 7) is 9.10. The van der Waals surface area contributed by atoms with E-state index in [1.807, 2.05) is 13.1 Å². The van der Waals surface area contributed by atoms with E-state index in [1.54, 1.807) is 0 Å². The third kappa shape index (κ3) is 4.01. The number of nitrogens with zero attached hydrogens (tertiary/aromatic N) is 1. The number of benzene rings is 1. The van der Waals surface area contributed by atoms with Crippen molar-refractivity contribution < 1.29 is 0 Å². The van der Waals surface area contributed by atoms with E-state index in [0.29, 0.717) is 5.41 Å². The van der Waals surface area contributed by atoms with Crippen LogP contribution in [0.25, 0.3) is 6.08 Å². The van der Waals surface area contributed by atoms with Crippen LogP contribution in [0.2, 0.25) is 0 Å². The molecule has 3 heteroatoms. The highest BCUT2D eigenvalue weighted by molar-refractivity contribution is 5.86. The van der Waals surface area contributed by atoms with Crippen LogP contribution in [0, 0.1) is 5.41 Å². The predicted molar refractivity (Wildman–Crippen MR) is 104 cm³/mol. The van der Waals surface area contributed by atoms with Crippen molar-refractivity contribution in [3.05, 3.63) is 23.8 Å². The van der Waals surface area contributed by atoms with Crippen LogP contribution in [0.5, 0.6) is 0 Å². The van der Waals surface area contributed by atoms with Crippen LogP contribution in [0.1, 0.15) is 58.4 Å². The molecular formula is C20H33N3. The first-order valence-corrected chi connectivity index (χ1v) is 9.06. The minimum atomic E-state index is 0.500. The smallest absolute Gasteiger partial charge is 0.0694 e. The summed E-state index contributed by atoms with van der Waals surface area (Å²) < 4.78 is 0. The Morgan fingerprint density at radius 1 is 1.26 bits per heavy atom. The van der Waals surface area contributed by atoms with Crippen molar-refractivity contribution in [2.75, 3.05) is 36.1 Å². The summed E-state index contributed by atoms with van der Waals surface area (Å²) in [5.74, 6) is 0. The molecule has 0 aromatic heterocycles. The lowest BCUT2D eigenvalue weighted by Gasteiger charge is -2.41. The van der Waals surface area contributed by atoms with E-state index >= 15 is 0 Å². The molecule has 1 aromatic carbocycles. The topological polar surface area (TPSA) is 41.3 Å². The zero-order valence-electron chi connectivity index (χ0n) is 15.3. The second-order valence-electron chi connectivity index (χ2n) is 7.07. The zero-order valence-corrected chi connectivity index (χ0v) is 15.3. The van der Waals surface area contributed by atoms with Crippen LogP contribution in [0.3, 0.4) is 0 Å². The van der Waals surface area contributed by atoms with E-state index in [9.17, 15) is 0 Å². The fourth-order valence-electron chi connectivity index (χ4n) is 3.72. The van der Waals surface area contributed by atoms with E-state index in [0.717, 1.165) is 30.9 Å². The van der Waals surface area contributed by atoms with Crippen LogP contribution >= 0.6 is 0 Å². The summed E-state index contributed by atoms with van der Waals surface area (Å²) >= 11 is 0. The summed E-state index contributed by atoms with van der Waals surface area (Å²) in [5.41, 5.74) is 11.4. The van der Waals surface area contributed by atoms with Crippen molar-refractivity contribution in [2.45, 2.75) is 52.9 Å². The van der Waals surface area contributed by atoms with Gasteiger partial charge in [-0.25, -0.2) is 0 Å². The van der Waals surface area contributed by atoms with Crippen molar-refractivity contribution in [1.29, 1.82) is 0 Å². The van der Waals surface area contributed by atoms with Gasteiger partial charge in [0.15, 0.2) is 0 Å². The van der Waals surface area contributed by atoms with Crippen LogP contribution < -0.4 is 16.0 Å². The molecule has 1 heterocycles. The van der Waals surface area contributed by atoms with Crippen LogP contribution in [0.4, 0.5) is 17.1 Å². The van der Waals surface area contributed by atoms with Crippen LogP contribution in [-0.4, -0.2) is 20.1 Å². The molecule has 0 saturated carbocycles. The first-order valence-electron chi connectivity index (χ1n) is 9.06. The van der Waals surface area contributed by atoms with Gasteiger partial charge in [-0.2, -0.15) is 0 Å². The highest BCUT2D eigenvalue weighted by Crippen LogP contribution is 2.41. The maximum absolute atomic E-state index is 6.37. The van der Waals surface area contributed by atoms with E-state index < -0.39 is 0 Å². The molecule has 0 atom stereocenters. The van der Waals surface area contributed by atoms with Gasteiger partial charge < -0.3 is 16.0 Å². The molecule has 1 aliphatic rings. The summed E-state index contributed by atoms with van der Waals surface area (Å²) in [6, 6.07) is 4.11. The molecule has 0 unspecified atom stereocenters. The number of nitrogens with two attached hydrogens (primary N) is 1. The van der Waals surface area contributed by atoms with Gasteiger partial charge in [-0.1, -0.05) is 39.3 Å². The fourth-order valence-corrected chi connectivity index (χ4v) is 3.72. The van der Waals surface area contributed by atoms with Gasteiger partial charge in [-0.3, -0.25) is 0 Å². The average molecular weight is 316 g/mol. The Bertz CT molecular complexity index is 540. The van der Waals surface area contributed by atoms with Gasteiger partial charge in [-0.05, 0) is 43.2 Å². The number of allylic oxidation sites excluding steroid dienone is 1.